The lowest BCUT2D eigenvalue weighted by Gasteiger charge is -2.34. The minimum absolute atomic E-state index is 0.0376. The second kappa shape index (κ2) is 21.0. The van der Waals surface area contributed by atoms with E-state index in [2.05, 4.69) is 5.32 Å². The van der Waals surface area contributed by atoms with Crippen LogP contribution >= 0.6 is 0 Å². The van der Waals surface area contributed by atoms with Gasteiger partial charge in [-0.2, -0.15) is 9.59 Å². The van der Waals surface area contributed by atoms with Gasteiger partial charge in [0, 0.05) is 44.6 Å². The SMILES string of the molecule is CN(CCN(C)C(=O)OCc1ccc(O[C@@H]2OC[C@@H](O)[C@H](O)[C@H]2O)c([N+](=O)[O-])c1)C(=O)Nc1ccc(O)c(C(=O)O)c1.Nc1ccc(O)c(C(=O)O)c1.O=C=O. The van der Waals surface area contributed by atoms with Gasteiger partial charge in [-0.3, -0.25) is 10.1 Å². The van der Waals surface area contributed by atoms with Gasteiger partial charge in [0.05, 0.1) is 11.5 Å². The second-order valence-corrected chi connectivity index (χ2v) is 11.5. The molecule has 0 radical (unpaired) electrons. The van der Waals surface area contributed by atoms with E-state index in [4.69, 9.17) is 44.9 Å². The Morgan fingerprint density at radius 3 is 2.05 bits per heavy atom. The van der Waals surface area contributed by atoms with Gasteiger partial charge < -0.3 is 70.8 Å². The van der Waals surface area contributed by atoms with E-state index in [1.54, 1.807) is 0 Å². The molecular formula is C33H37N5O18. The third-order valence-corrected chi connectivity index (χ3v) is 7.44. The van der Waals surface area contributed by atoms with Gasteiger partial charge in [0.15, 0.2) is 5.75 Å². The molecule has 0 aliphatic carbocycles. The number of aliphatic hydroxyl groups excluding tert-OH is 3. The fourth-order valence-corrected chi connectivity index (χ4v) is 4.38. The number of hydrogen-bond donors (Lipinski definition) is 9. The molecule has 1 aliphatic rings. The van der Waals surface area contributed by atoms with Crippen LogP contribution in [-0.4, -0.2) is 139 Å². The summed E-state index contributed by atoms with van der Waals surface area (Å²) in [5.41, 5.74) is 4.90. The number of likely N-dealkylation sites (N-methyl/N-ethyl adjacent to an activating group) is 2. The Kier molecular flexibility index (Phi) is 16.9. The van der Waals surface area contributed by atoms with Gasteiger partial charge in [0.1, 0.15) is 47.5 Å². The number of carbonyl (C=O) groups is 4. The zero-order valence-corrected chi connectivity index (χ0v) is 29.4. The number of nitro benzene ring substituents is 1. The lowest BCUT2D eigenvalue weighted by Crippen LogP contribution is -2.54. The molecule has 0 unspecified atom stereocenters. The number of nitrogen functional groups attached to an aromatic ring is 1. The first kappa shape index (κ1) is 45.1. The highest BCUT2D eigenvalue weighted by molar-refractivity contribution is 5.95. The number of nitrogens with zero attached hydrogens (tertiary/aromatic N) is 3. The van der Waals surface area contributed by atoms with Crippen LogP contribution in [0.2, 0.25) is 0 Å². The molecule has 0 spiro atoms. The number of phenols is 2. The Balaban J connectivity index is 0.000000651. The first-order valence-electron chi connectivity index (χ1n) is 15.7. The van der Waals surface area contributed by atoms with Crippen LogP contribution in [0.3, 0.4) is 0 Å². The van der Waals surface area contributed by atoms with E-state index < -0.39 is 65.0 Å². The maximum absolute atomic E-state index is 12.4. The number of carboxylic acids is 2. The number of nitro groups is 1. The van der Waals surface area contributed by atoms with Crippen LogP contribution in [0, 0.1) is 10.1 Å². The number of nitrogens with one attached hydrogen (secondary N) is 1. The first-order valence-corrected chi connectivity index (χ1v) is 15.7. The van der Waals surface area contributed by atoms with E-state index >= 15 is 0 Å². The molecule has 4 atom stereocenters. The predicted octanol–water partition coefficient (Wildman–Crippen LogP) is 0.638. The van der Waals surface area contributed by atoms with Gasteiger partial charge in [-0.1, -0.05) is 6.07 Å². The molecule has 4 rings (SSSR count). The van der Waals surface area contributed by atoms with Crippen LogP contribution in [0.15, 0.2) is 54.6 Å². The van der Waals surface area contributed by atoms with Crippen LogP contribution in [-0.2, 0) is 25.7 Å². The van der Waals surface area contributed by atoms with E-state index in [1.807, 2.05) is 0 Å². The van der Waals surface area contributed by atoms with Crippen molar-refractivity contribution in [1.29, 1.82) is 0 Å². The van der Waals surface area contributed by atoms with Crippen molar-refractivity contribution in [3.05, 3.63) is 81.4 Å². The van der Waals surface area contributed by atoms with Crippen LogP contribution in [0.25, 0.3) is 0 Å². The number of ether oxygens (including phenoxy) is 3. The van der Waals surface area contributed by atoms with Crippen molar-refractivity contribution in [2.75, 3.05) is 44.8 Å². The van der Waals surface area contributed by atoms with Crippen molar-refractivity contribution in [1.82, 2.24) is 9.80 Å². The molecule has 23 nitrogen and oxygen atoms in total. The molecule has 3 aromatic rings. The van der Waals surface area contributed by atoms with Crippen molar-refractivity contribution in [2.45, 2.75) is 31.2 Å². The predicted molar refractivity (Wildman–Crippen MR) is 186 cm³/mol. The maximum Gasteiger partial charge on any atom is 0.409 e. The standard InChI is InChI=1S/C25H30N4O13.C7H7NO3.CO2/c1-27(24(36)26-14-4-5-17(30)15(10-14)22(34)35)7-8-28(2)25(37)41-11-13-3-6-19(16(9-13)29(38)39)42-23-21(33)20(32)18(31)12-40-23;8-4-1-2-6(9)5(3-4)7(10)11;2-1-3/h3-6,9-10,18,20-21,23,30-33H,7-8,11-12H2,1-2H3,(H,26,36)(H,34,35);1-3,9H,8H2,(H,10,11);/t18-,20+,21-,23+;;/m1../s1. The molecule has 0 saturated carbocycles. The normalized spacial score (nSPS) is 16.9. The monoisotopic (exact) mass is 791 g/mol. The summed E-state index contributed by atoms with van der Waals surface area (Å²) in [7, 11) is 2.85. The Hall–Kier alpha value is -7.04. The van der Waals surface area contributed by atoms with Crippen molar-refractivity contribution < 1.29 is 83.6 Å². The van der Waals surface area contributed by atoms with Crippen LogP contribution in [0.4, 0.5) is 26.7 Å². The molecule has 1 aliphatic heterocycles. The average Bonchev–Trinajstić information content (AvgIpc) is 3.15. The highest BCUT2D eigenvalue weighted by Crippen LogP contribution is 2.31. The summed E-state index contributed by atoms with van der Waals surface area (Å²) in [5, 5.41) is 79.5. The summed E-state index contributed by atoms with van der Waals surface area (Å²) in [6.45, 7) is -0.610. The fraction of sp³-hybridized carbons (Fsp3) is 0.303. The van der Waals surface area contributed by atoms with Gasteiger partial charge in [0.2, 0.25) is 6.29 Å². The molecule has 56 heavy (non-hydrogen) atoms. The highest BCUT2D eigenvalue weighted by atomic mass is 16.7. The summed E-state index contributed by atoms with van der Waals surface area (Å²) in [6.07, 6.45) is -6.58. The largest absolute Gasteiger partial charge is 0.507 e. The Bertz CT molecular complexity index is 1920. The molecular weight excluding hydrogens is 754 g/mol. The Morgan fingerprint density at radius 2 is 1.48 bits per heavy atom. The van der Waals surface area contributed by atoms with Crippen LogP contribution < -0.4 is 15.8 Å². The van der Waals surface area contributed by atoms with Crippen LogP contribution in [0.5, 0.6) is 17.2 Å². The van der Waals surface area contributed by atoms with Crippen molar-refractivity contribution >= 4 is 47.3 Å². The summed E-state index contributed by atoms with van der Waals surface area (Å²) >= 11 is 0. The minimum atomic E-state index is -1.66. The van der Waals surface area contributed by atoms with Gasteiger partial charge in [-0.25, -0.2) is 19.2 Å². The van der Waals surface area contributed by atoms with Gasteiger partial charge in [0.25, 0.3) is 0 Å². The smallest absolute Gasteiger partial charge is 0.409 e. The molecule has 0 aromatic heterocycles. The lowest BCUT2D eigenvalue weighted by atomic mass is 10.1. The van der Waals surface area contributed by atoms with E-state index in [9.17, 15) is 49.7 Å². The maximum atomic E-state index is 12.4. The number of anilines is 2. The molecule has 1 heterocycles. The highest BCUT2D eigenvalue weighted by Gasteiger charge is 2.40. The number of rotatable bonds is 11. The molecule has 3 amide bonds. The topological polar surface area (TPSA) is 359 Å². The Morgan fingerprint density at radius 1 is 0.911 bits per heavy atom. The van der Waals surface area contributed by atoms with Crippen molar-refractivity contribution in [3.63, 3.8) is 0 Å². The number of aromatic hydroxyl groups is 2. The molecule has 0 bridgehead atoms. The number of nitrogens with two attached hydrogens (primary N) is 1. The third-order valence-electron chi connectivity index (χ3n) is 7.44. The summed E-state index contributed by atoms with van der Waals surface area (Å²) in [5.74, 6) is -3.56. The van der Waals surface area contributed by atoms with Gasteiger partial charge >= 0.3 is 35.9 Å². The fourth-order valence-electron chi connectivity index (χ4n) is 4.38. The molecule has 3 aromatic carbocycles. The number of hydrogen-bond acceptors (Lipinski definition) is 17. The summed E-state index contributed by atoms with van der Waals surface area (Å²) < 4.78 is 15.7. The average molecular weight is 792 g/mol. The summed E-state index contributed by atoms with van der Waals surface area (Å²) in [6, 6.07) is 10.5. The second-order valence-electron chi connectivity index (χ2n) is 11.5. The number of carboxylic acid groups (broad SMARTS) is 2. The Labute approximate surface area is 315 Å². The van der Waals surface area contributed by atoms with E-state index in [0.717, 1.165) is 18.2 Å². The number of carbonyl (C=O) groups excluding carboxylic acids is 4. The minimum Gasteiger partial charge on any atom is -0.507 e. The number of aliphatic hydroxyl groups is 3. The summed E-state index contributed by atoms with van der Waals surface area (Å²) in [4.78, 5) is 75.8. The molecule has 23 heteroatoms. The van der Waals surface area contributed by atoms with E-state index in [0.29, 0.717) is 5.69 Å². The number of aromatic carboxylic acids is 2. The van der Waals surface area contributed by atoms with E-state index in [1.165, 1.54) is 60.3 Å². The molecule has 1 saturated heterocycles. The van der Waals surface area contributed by atoms with Crippen LogP contribution in [0.1, 0.15) is 26.3 Å². The number of urea groups is 1. The van der Waals surface area contributed by atoms with Gasteiger partial charge in [-0.05, 0) is 48.0 Å². The van der Waals surface area contributed by atoms with Crippen molar-refractivity contribution in [2.24, 2.45) is 0 Å². The molecule has 1 fully saturated rings. The zero-order chi connectivity index (χ0) is 42.3. The quantitative estimate of drug-likeness (QED) is 0.0556. The number of amides is 3. The number of benzene rings is 3. The van der Waals surface area contributed by atoms with E-state index in [-0.39, 0.29) is 66.3 Å². The molecule has 302 valence electrons. The molecule has 10 N–H and O–H groups in total. The third kappa shape index (κ3) is 13.1. The van der Waals surface area contributed by atoms with Crippen molar-refractivity contribution in [3.8, 4) is 17.2 Å². The first-order chi connectivity index (χ1) is 26.3. The zero-order valence-electron chi connectivity index (χ0n) is 29.4. The van der Waals surface area contributed by atoms with Gasteiger partial charge in [-0.15, -0.1) is 0 Å². The lowest BCUT2D eigenvalue weighted by molar-refractivity contribution is -0.386.